The third kappa shape index (κ3) is 2.92. The monoisotopic (exact) mass is 267 g/mol. The lowest BCUT2D eigenvalue weighted by Gasteiger charge is -2.18. The van der Waals surface area contributed by atoms with Crippen molar-refractivity contribution >= 4 is 29.9 Å². The normalized spacial score (nSPS) is 10.5. The van der Waals surface area contributed by atoms with E-state index in [-0.39, 0.29) is 5.91 Å². The summed E-state index contributed by atoms with van der Waals surface area (Å²) in [6, 6.07) is 5.49. The van der Waals surface area contributed by atoms with E-state index in [4.69, 9.17) is 4.42 Å². The number of carbonyl (C=O) groups excluding carboxylic acids is 1. The highest BCUT2D eigenvalue weighted by molar-refractivity contribution is 7.80. The van der Waals surface area contributed by atoms with Crippen molar-refractivity contribution in [2.45, 2.75) is 18.4 Å². The highest BCUT2D eigenvalue weighted by atomic mass is 32.1. The summed E-state index contributed by atoms with van der Waals surface area (Å²) in [5.41, 5.74) is 0. The molecule has 0 saturated heterocycles. The molecular weight excluding hydrogens is 254 g/mol. The molecule has 2 aromatic rings. The first-order valence-electron chi connectivity index (χ1n) is 5.30. The molecule has 0 aromatic carbocycles. The number of thiol groups is 1. The second-order valence-corrected chi connectivity index (χ2v) is 5.00. The fourth-order valence-corrected chi connectivity index (χ4v) is 2.63. The van der Waals surface area contributed by atoms with Crippen LogP contribution in [-0.4, -0.2) is 17.4 Å². The van der Waals surface area contributed by atoms with Crippen LogP contribution in [-0.2, 0) is 6.54 Å². The van der Waals surface area contributed by atoms with Crippen molar-refractivity contribution in [1.29, 1.82) is 0 Å². The number of hydrogen-bond acceptors (Lipinski definition) is 4. The number of rotatable bonds is 4. The molecule has 0 radical (unpaired) electrons. The van der Waals surface area contributed by atoms with Crippen LogP contribution in [0.15, 0.2) is 39.2 Å². The van der Waals surface area contributed by atoms with Crippen molar-refractivity contribution in [1.82, 2.24) is 4.90 Å². The Bertz CT molecular complexity index is 490. The minimum atomic E-state index is 0.0224. The molecule has 0 saturated carbocycles. The standard InChI is InChI=1S/C12H13NO2S2/c1-2-13(7-9-4-3-5-15-9)12(14)11-6-10(16)8-17-11/h3-6,8,16H,2,7H2,1H3. The van der Waals surface area contributed by atoms with E-state index >= 15 is 0 Å². The summed E-state index contributed by atoms with van der Waals surface area (Å²) in [6.45, 7) is 3.11. The molecule has 0 bridgehead atoms. The van der Waals surface area contributed by atoms with Gasteiger partial charge in [-0.05, 0) is 25.1 Å². The molecule has 0 spiro atoms. The summed E-state index contributed by atoms with van der Waals surface area (Å²) < 4.78 is 5.25. The van der Waals surface area contributed by atoms with E-state index in [2.05, 4.69) is 12.6 Å². The first kappa shape index (κ1) is 12.3. The van der Waals surface area contributed by atoms with Crippen molar-refractivity contribution < 1.29 is 9.21 Å². The highest BCUT2D eigenvalue weighted by Crippen LogP contribution is 2.20. The van der Waals surface area contributed by atoms with Crippen molar-refractivity contribution in [3.05, 3.63) is 40.5 Å². The van der Waals surface area contributed by atoms with Crippen LogP contribution in [0.2, 0.25) is 0 Å². The van der Waals surface area contributed by atoms with Gasteiger partial charge in [-0.15, -0.1) is 24.0 Å². The zero-order valence-electron chi connectivity index (χ0n) is 9.42. The minimum Gasteiger partial charge on any atom is -0.467 e. The topological polar surface area (TPSA) is 33.5 Å². The molecule has 0 atom stereocenters. The fraction of sp³-hybridized carbons (Fsp3) is 0.250. The lowest BCUT2D eigenvalue weighted by atomic mass is 10.3. The van der Waals surface area contributed by atoms with E-state index in [0.717, 1.165) is 10.7 Å². The lowest BCUT2D eigenvalue weighted by Crippen LogP contribution is -2.29. The Labute approximate surface area is 109 Å². The van der Waals surface area contributed by atoms with E-state index in [1.165, 1.54) is 11.3 Å². The molecule has 0 aliphatic carbocycles. The maximum atomic E-state index is 12.2. The van der Waals surface area contributed by atoms with Gasteiger partial charge in [-0.2, -0.15) is 0 Å². The van der Waals surface area contributed by atoms with Crippen molar-refractivity contribution in [2.24, 2.45) is 0 Å². The van der Waals surface area contributed by atoms with Crippen LogP contribution >= 0.6 is 24.0 Å². The molecule has 0 fully saturated rings. The smallest absolute Gasteiger partial charge is 0.264 e. The average Bonchev–Trinajstić information content (AvgIpc) is 2.96. The third-order valence-electron chi connectivity index (χ3n) is 2.39. The molecule has 2 heterocycles. The van der Waals surface area contributed by atoms with Crippen LogP contribution in [0.5, 0.6) is 0 Å². The van der Waals surface area contributed by atoms with E-state index in [1.54, 1.807) is 17.2 Å². The molecule has 3 nitrogen and oxygen atoms in total. The highest BCUT2D eigenvalue weighted by Gasteiger charge is 2.17. The lowest BCUT2D eigenvalue weighted by molar-refractivity contribution is 0.0746. The van der Waals surface area contributed by atoms with Crippen LogP contribution in [0.3, 0.4) is 0 Å². The van der Waals surface area contributed by atoms with Gasteiger partial charge in [-0.1, -0.05) is 0 Å². The maximum absolute atomic E-state index is 12.2. The first-order valence-corrected chi connectivity index (χ1v) is 6.62. The maximum Gasteiger partial charge on any atom is 0.264 e. The van der Waals surface area contributed by atoms with Gasteiger partial charge in [-0.3, -0.25) is 4.79 Å². The SMILES string of the molecule is CCN(Cc1ccco1)C(=O)c1cc(S)cs1. The molecule has 0 aliphatic heterocycles. The number of hydrogen-bond donors (Lipinski definition) is 1. The quantitative estimate of drug-likeness (QED) is 0.862. The van der Waals surface area contributed by atoms with E-state index in [9.17, 15) is 4.79 Å². The fourth-order valence-electron chi connectivity index (χ4n) is 1.51. The Morgan fingerprint density at radius 3 is 2.94 bits per heavy atom. The molecule has 1 amide bonds. The van der Waals surface area contributed by atoms with Gasteiger partial charge < -0.3 is 9.32 Å². The van der Waals surface area contributed by atoms with Crippen molar-refractivity contribution in [3.8, 4) is 0 Å². The summed E-state index contributed by atoms with van der Waals surface area (Å²) >= 11 is 5.62. The zero-order chi connectivity index (χ0) is 12.3. The summed E-state index contributed by atoms with van der Waals surface area (Å²) in [5, 5.41) is 1.86. The summed E-state index contributed by atoms with van der Waals surface area (Å²) in [6.07, 6.45) is 1.62. The minimum absolute atomic E-state index is 0.0224. The molecule has 90 valence electrons. The Balaban J connectivity index is 2.10. The Morgan fingerprint density at radius 2 is 2.41 bits per heavy atom. The predicted molar refractivity (Wildman–Crippen MR) is 70.7 cm³/mol. The second kappa shape index (κ2) is 5.42. The number of furan rings is 1. The molecule has 0 unspecified atom stereocenters. The van der Waals surface area contributed by atoms with Gasteiger partial charge in [0.25, 0.3) is 5.91 Å². The van der Waals surface area contributed by atoms with Crippen molar-refractivity contribution in [2.75, 3.05) is 6.54 Å². The van der Waals surface area contributed by atoms with Crippen LogP contribution in [0, 0.1) is 0 Å². The van der Waals surface area contributed by atoms with E-state index in [0.29, 0.717) is 18.0 Å². The average molecular weight is 267 g/mol. The number of nitrogens with zero attached hydrogens (tertiary/aromatic N) is 1. The molecule has 2 aromatic heterocycles. The third-order valence-corrected chi connectivity index (χ3v) is 3.74. The molecule has 0 N–H and O–H groups in total. The number of amides is 1. The van der Waals surface area contributed by atoms with Crippen LogP contribution < -0.4 is 0 Å². The van der Waals surface area contributed by atoms with Crippen LogP contribution in [0.4, 0.5) is 0 Å². The van der Waals surface area contributed by atoms with Gasteiger partial charge in [0.15, 0.2) is 0 Å². The van der Waals surface area contributed by atoms with Crippen LogP contribution in [0.1, 0.15) is 22.4 Å². The van der Waals surface area contributed by atoms with Gasteiger partial charge in [0, 0.05) is 16.8 Å². The van der Waals surface area contributed by atoms with E-state index in [1.807, 2.05) is 24.4 Å². The Hall–Kier alpha value is -1.20. The summed E-state index contributed by atoms with van der Waals surface area (Å²) in [5.74, 6) is 0.817. The van der Waals surface area contributed by atoms with Crippen LogP contribution in [0.25, 0.3) is 0 Å². The molecule has 5 heteroatoms. The van der Waals surface area contributed by atoms with Gasteiger partial charge in [-0.25, -0.2) is 0 Å². The number of thiophene rings is 1. The van der Waals surface area contributed by atoms with Gasteiger partial charge >= 0.3 is 0 Å². The first-order chi connectivity index (χ1) is 8.20. The zero-order valence-corrected chi connectivity index (χ0v) is 11.1. The molecule has 0 aliphatic rings. The second-order valence-electron chi connectivity index (χ2n) is 3.57. The summed E-state index contributed by atoms with van der Waals surface area (Å²) in [4.78, 5) is 15.5. The largest absolute Gasteiger partial charge is 0.467 e. The number of carbonyl (C=O) groups is 1. The van der Waals surface area contributed by atoms with Gasteiger partial charge in [0.2, 0.25) is 0 Å². The molecule has 2 rings (SSSR count). The van der Waals surface area contributed by atoms with Crippen molar-refractivity contribution in [3.63, 3.8) is 0 Å². The van der Waals surface area contributed by atoms with Gasteiger partial charge in [0.05, 0.1) is 17.7 Å². The van der Waals surface area contributed by atoms with E-state index < -0.39 is 0 Å². The Morgan fingerprint density at radius 1 is 1.59 bits per heavy atom. The Kier molecular flexibility index (Phi) is 3.91. The predicted octanol–water partition coefficient (Wildman–Crippen LogP) is 3.29. The summed E-state index contributed by atoms with van der Waals surface area (Å²) in [7, 11) is 0. The molecular formula is C12H13NO2S2. The van der Waals surface area contributed by atoms with Gasteiger partial charge in [0.1, 0.15) is 5.76 Å². The molecule has 17 heavy (non-hydrogen) atoms.